The molecule has 0 saturated heterocycles. The van der Waals surface area contributed by atoms with Crippen molar-refractivity contribution in [1.29, 1.82) is 0 Å². The predicted molar refractivity (Wildman–Crippen MR) is 117 cm³/mol. The average molecular weight is 447 g/mol. The van der Waals surface area contributed by atoms with Crippen molar-refractivity contribution in [3.63, 3.8) is 0 Å². The number of rotatable bonds is 4. The van der Waals surface area contributed by atoms with Crippen molar-refractivity contribution in [1.82, 2.24) is 4.90 Å². The van der Waals surface area contributed by atoms with Gasteiger partial charge in [-0.2, -0.15) is 0 Å². The number of methoxy groups -OCH3 is 1. The van der Waals surface area contributed by atoms with Crippen LogP contribution in [0.25, 0.3) is 4.91 Å². The Hall–Kier alpha value is -2.41. The van der Waals surface area contributed by atoms with Crippen LogP contribution in [0.2, 0.25) is 10.0 Å². The predicted octanol–water partition coefficient (Wildman–Crippen LogP) is 5.82. The van der Waals surface area contributed by atoms with E-state index < -0.39 is 12.0 Å². The number of ether oxygens (including phenoxy) is 1. The first kappa shape index (κ1) is 19.9. The topological polar surface area (TPSA) is 62.1 Å². The van der Waals surface area contributed by atoms with Gasteiger partial charge in [0.25, 0.3) is 0 Å². The fourth-order valence-electron chi connectivity index (χ4n) is 3.48. The normalized spacial score (nSPS) is 18.3. The lowest BCUT2D eigenvalue weighted by atomic mass is 9.94. The molecular formula is C21H16Cl2N2O3S. The van der Waals surface area contributed by atoms with E-state index in [1.54, 1.807) is 32.2 Å². The molecule has 0 fully saturated rings. The monoisotopic (exact) mass is 446 g/mol. The van der Waals surface area contributed by atoms with Crippen molar-refractivity contribution >= 4 is 51.0 Å². The fraction of sp³-hybridized carbons (Fsp3) is 0.143. The van der Waals surface area contributed by atoms with Gasteiger partial charge in [-0.15, -0.1) is 0 Å². The maximum Gasteiger partial charge on any atom is 0.335 e. The zero-order valence-electron chi connectivity index (χ0n) is 15.5. The Bertz CT molecular complexity index is 1090. The quantitative estimate of drug-likeness (QED) is 0.640. The molecule has 2 aliphatic rings. The Morgan fingerprint density at radius 3 is 2.52 bits per heavy atom. The zero-order chi connectivity index (χ0) is 20.7. The fourth-order valence-corrected chi connectivity index (χ4v) is 5.33. The minimum atomic E-state index is -1.02. The van der Waals surface area contributed by atoms with E-state index in [-0.39, 0.29) is 5.57 Å². The maximum atomic E-state index is 12.1. The van der Waals surface area contributed by atoms with Crippen molar-refractivity contribution in [3.05, 3.63) is 81.1 Å². The second-order valence-corrected chi connectivity index (χ2v) is 8.27. The number of benzene rings is 2. The van der Waals surface area contributed by atoms with E-state index in [0.29, 0.717) is 32.2 Å². The van der Waals surface area contributed by atoms with Crippen LogP contribution in [-0.2, 0) is 4.79 Å². The Morgan fingerprint density at radius 2 is 1.86 bits per heavy atom. The van der Waals surface area contributed by atoms with E-state index in [0.717, 1.165) is 10.5 Å². The second-order valence-electron chi connectivity index (χ2n) is 6.44. The van der Waals surface area contributed by atoms with Gasteiger partial charge >= 0.3 is 5.97 Å². The minimum absolute atomic E-state index is 0.196. The van der Waals surface area contributed by atoms with E-state index in [1.807, 2.05) is 35.4 Å². The van der Waals surface area contributed by atoms with Gasteiger partial charge in [0.15, 0.2) is 5.17 Å². The number of allylic oxidation sites excluding steroid dienone is 1. The van der Waals surface area contributed by atoms with Gasteiger partial charge < -0.3 is 14.7 Å². The molecule has 2 aromatic rings. The highest BCUT2D eigenvalue weighted by molar-refractivity contribution is 8.22. The summed E-state index contributed by atoms with van der Waals surface area (Å²) in [6.45, 7) is 1.71. The van der Waals surface area contributed by atoms with Gasteiger partial charge in [0, 0.05) is 22.2 Å². The van der Waals surface area contributed by atoms with Gasteiger partial charge in [-0.3, -0.25) is 0 Å². The lowest BCUT2D eigenvalue weighted by Crippen LogP contribution is -2.33. The number of amidine groups is 1. The third-order valence-electron chi connectivity index (χ3n) is 4.76. The Kier molecular flexibility index (Phi) is 5.34. The summed E-state index contributed by atoms with van der Waals surface area (Å²) in [5, 5.41) is 11.6. The third-order valence-corrected chi connectivity index (χ3v) is 6.40. The summed E-state index contributed by atoms with van der Waals surface area (Å²) in [6, 6.07) is 12.1. The summed E-state index contributed by atoms with van der Waals surface area (Å²) < 4.78 is 5.51. The molecular weight excluding hydrogens is 431 g/mol. The number of hydrogen-bond acceptors (Lipinski definition) is 5. The molecule has 0 aliphatic carbocycles. The first-order valence-electron chi connectivity index (χ1n) is 8.70. The highest BCUT2D eigenvalue weighted by atomic mass is 35.5. The summed E-state index contributed by atoms with van der Waals surface area (Å²) >= 11 is 14.2. The molecule has 0 aromatic heterocycles. The molecule has 2 aromatic carbocycles. The zero-order valence-corrected chi connectivity index (χ0v) is 17.8. The van der Waals surface area contributed by atoms with Crippen LogP contribution >= 0.6 is 35.0 Å². The standard InChI is InChI=1S/C21H16Cl2N2O3S/c1-11-17(20(26)27)19(12-6-3-4-9-15(12)28-2)25-10-16(29-21(25)24-11)18-13(22)7-5-8-14(18)23/h3-10,19H,1-2H3,(H,26,27)/t19-/m0/s1. The average Bonchev–Trinajstić information content (AvgIpc) is 3.09. The molecule has 0 amide bonds. The van der Waals surface area contributed by atoms with E-state index in [9.17, 15) is 9.90 Å². The summed E-state index contributed by atoms with van der Waals surface area (Å²) in [5.41, 5.74) is 2.09. The van der Waals surface area contributed by atoms with Crippen LogP contribution in [0.4, 0.5) is 0 Å². The molecule has 5 nitrogen and oxygen atoms in total. The van der Waals surface area contributed by atoms with Crippen molar-refractivity contribution in [2.24, 2.45) is 4.99 Å². The molecule has 0 unspecified atom stereocenters. The first-order valence-corrected chi connectivity index (χ1v) is 10.3. The van der Waals surface area contributed by atoms with Crippen LogP contribution in [0, 0.1) is 0 Å². The summed E-state index contributed by atoms with van der Waals surface area (Å²) in [5.74, 6) is -0.420. The van der Waals surface area contributed by atoms with Crippen molar-refractivity contribution in [2.75, 3.05) is 7.11 Å². The molecule has 2 aliphatic heterocycles. The number of nitrogens with zero attached hydrogens (tertiary/aromatic N) is 2. The van der Waals surface area contributed by atoms with Gasteiger partial charge in [0.1, 0.15) is 5.75 Å². The summed E-state index contributed by atoms with van der Waals surface area (Å²) in [6.07, 6.45) is 1.85. The number of aliphatic imine (C=N–C) groups is 1. The van der Waals surface area contributed by atoms with Gasteiger partial charge in [0.05, 0.1) is 34.5 Å². The third kappa shape index (κ3) is 3.41. The van der Waals surface area contributed by atoms with Gasteiger partial charge in [0.2, 0.25) is 0 Å². The Balaban J connectivity index is 1.89. The van der Waals surface area contributed by atoms with Crippen molar-refractivity contribution in [2.45, 2.75) is 13.0 Å². The maximum absolute atomic E-state index is 12.1. The molecule has 8 heteroatoms. The van der Waals surface area contributed by atoms with Crippen molar-refractivity contribution in [3.8, 4) is 5.75 Å². The molecule has 0 saturated carbocycles. The van der Waals surface area contributed by atoms with Gasteiger partial charge in [-0.25, -0.2) is 9.79 Å². The number of fused-ring (bicyclic) bond motifs is 1. The number of thioether (sulfide) groups is 1. The summed E-state index contributed by atoms with van der Waals surface area (Å²) in [4.78, 5) is 19.3. The number of halogens is 2. The van der Waals surface area contributed by atoms with Gasteiger partial charge in [-0.05, 0) is 36.9 Å². The smallest absolute Gasteiger partial charge is 0.335 e. The van der Waals surface area contributed by atoms with Crippen LogP contribution in [-0.4, -0.2) is 28.3 Å². The van der Waals surface area contributed by atoms with Crippen LogP contribution < -0.4 is 4.74 Å². The number of para-hydroxylation sites is 1. The van der Waals surface area contributed by atoms with E-state index in [4.69, 9.17) is 27.9 Å². The molecule has 148 valence electrons. The van der Waals surface area contributed by atoms with E-state index in [1.165, 1.54) is 11.8 Å². The summed E-state index contributed by atoms with van der Waals surface area (Å²) in [7, 11) is 1.57. The molecule has 0 radical (unpaired) electrons. The molecule has 29 heavy (non-hydrogen) atoms. The van der Waals surface area contributed by atoms with Crippen LogP contribution in [0.15, 0.2) is 64.9 Å². The SMILES string of the molecule is COc1ccccc1[C@H]1C(C(=O)O)=C(C)N=C2SC(c3c(Cl)cccc3Cl)=CN21. The lowest BCUT2D eigenvalue weighted by Gasteiger charge is -2.33. The number of carbonyl (C=O) groups is 1. The van der Waals surface area contributed by atoms with Crippen LogP contribution in [0.1, 0.15) is 24.1 Å². The molecule has 4 rings (SSSR count). The molecule has 0 bridgehead atoms. The highest BCUT2D eigenvalue weighted by Gasteiger charge is 2.40. The van der Waals surface area contributed by atoms with Crippen molar-refractivity contribution < 1.29 is 14.6 Å². The Morgan fingerprint density at radius 1 is 1.17 bits per heavy atom. The second kappa shape index (κ2) is 7.78. The largest absolute Gasteiger partial charge is 0.496 e. The number of carboxylic acid groups (broad SMARTS) is 1. The van der Waals surface area contributed by atoms with E-state index in [2.05, 4.69) is 4.99 Å². The first-order chi connectivity index (χ1) is 13.9. The number of hydrogen-bond donors (Lipinski definition) is 1. The number of carboxylic acids is 1. The van der Waals surface area contributed by atoms with Gasteiger partial charge in [-0.1, -0.05) is 47.5 Å². The molecule has 0 spiro atoms. The molecule has 2 heterocycles. The highest BCUT2D eigenvalue weighted by Crippen LogP contribution is 2.49. The molecule has 1 atom stereocenters. The number of aliphatic carboxylic acids is 1. The molecule has 1 N–H and O–H groups in total. The van der Waals surface area contributed by atoms with E-state index >= 15 is 0 Å². The van der Waals surface area contributed by atoms with Crippen LogP contribution in [0.3, 0.4) is 0 Å². The van der Waals surface area contributed by atoms with Crippen LogP contribution in [0.5, 0.6) is 5.75 Å². The minimum Gasteiger partial charge on any atom is -0.496 e. The lowest BCUT2D eigenvalue weighted by molar-refractivity contribution is -0.133. The Labute approximate surface area is 182 Å².